The molecule has 0 saturated heterocycles. The Morgan fingerprint density at radius 3 is 2.36 bits per heavy atom. The van der Waals surface area contributed by atoms with Crippen LogP contribution in [0.4, 0.5) is 0 Å². The number of carbonyl (C=O) groups excluding carboxylic acids is 2. The van der Waals surface area contributed by atoms with Gasteiger partial charge < -0.3 is 9.47 Å². The number of ether oxygens (including phenoxy) is 2. The van der Waals surface area contributed by atoms with Crippen LogP contribution in [-0.4, -0.2) is 31.2 Å². The minimum absolute atomic E-state index is 0.226. The fourth-order valence-electron chi connectivity index (χ4n) is 2.37. The van der Waals surface area contributed by atoms with Gasteiger partial charge in [0.2, 0.25) is 5.78 Å². The molecule has 0 amide bonds. The minimum Gasteiger partial charge on any atom is -0.496 e. The standard InChI is InChI=1S/C20H22O4S/c1-12-6-7-15(10-13(12)2)19(21)14(3)24-20(22)17-9-8-16(25-5)11-18(17)23-4/h6-11,14H,1-5H3/t14-/m1/s1. The fraction of sp³-hybridized carbons (Fsp3) is 0.300. The second-order valence-corrected chi connectivity index (χ2v) is 6.66. The van der Waals surface area contributed by atoms with Gasteiger partial charge in [0.15, 0.2) is 6.10 Å². The summed E-state index contributed by atoms with van der Waals surface area (Å²) in [6, 6.07) is 10.7. The van der Waals surface area contributed by atoms with Crippen molar-refractivity contribution in [1.29, 1.82) is 0 Å². The van der Waals surface area contributed by atoms with E-state index in [0.29, 0.717) is 16.9 Å². The first-order valence-electron chi connectivity index (χ1n) is 7.91. The summed E-state index contributed by atoms with van der Waals surface area (Å²) < 4.78 is 10.6. The summed E-state index contributed by atoms with van der Waals surface area (Å²) in [4.78, 5) is 25.9. The number of ketones is 1. The summed E-state index contributed by atoms with van der Waals surface area (Å²) in [6.45, 7) is 5.51. The molecule has 2 aromatic carbocycles. The number of benzene rings is 2. The number of thioether (sulfide) groups is 1. The molecule has 25 heavy (non-hydrogen) atoms. The van der Waals surface area contributed by atoms with Crippen molar-refractivity contribution in [1.82, 2.24) is 0 Å². The highest BCUT2D eigenvalue weighted by atomic mass is 32.2. The summed E-state index contributed by atoms with van der Waals surface area (Å²) in [5.41, 5.74) is 2.98. The fourth-order valence-corrected chi connectivity index (χ4v) is 2.80. The van der Waals surface area contributed by atoms with E-state index in [1.54, 1.807) is 36.9 Å². The van der Waals surface area contributed by atoms with Crippen molar-refractivity contribution in [2.24, 2.45) is 0 Å². The van der Waals surface area contributed by atoms with Crippen molar-refractivity contribution in [2.45, 2.75) is 31.8 Å². The highest BCUT2D eigenvalue weighted by molar-refractivity contribution is 7.98. The molecule has 0 N–H and O–H groups in total. The van der Waals surface area contributed by atoms with Crippen LogP contribution >= 0.6 is 11.8 Å². The van der Waals surface area contributed by atoms with Gasteiger partial charge in [-0.3, -0.25) is 4.79 Å². The Bertz CT molecular complexity index is 798. The molecular formula is C20H22O4S. The zero-order valence-electron chi connectivity index (χ0n) is 15.1. The average molecular weight is 358 g/mol. The first-order valence-corrected chi connectivity index (χ1v) is 9.14. The highest BCUT2D eigenvalue weighted by Crippen LogP contribution is 2.26. The van der Waals surface area contributed by atoms with Crippen LogP contribution in [-0.2, 0) is 4.74 Å². The van der Waals surface area contributed by atoms with E-state index in [1.807, 2.05) is 38.3 Å². The first-order chi connectivity index (χ1) is 11.9. The van der Waals surface area contributed by atoms with Crippen molar-refractivity contribution in [2.75, 3.05) is 13.4 Å². The van der Waals surface area contributed by atoms with Gasteiger partial charge in [-0.05, 0) is 62.4 Å². The number of aryl methyl sites for hydroxylation is 2. The summed E-state index contributed by atoms with van der Waals surface area (Å²) >= 11 is 1.55. The first kappa shape index (κ1) is 19.1. The van der Waals surface area contributed by atoms with Gasteiger partial charge in [-0.2, -0.15) is 0 Å². The molecule has 0 aliphatic rings. The zero-order valence-corrected chi connectivity index (χ0v) is 15.9. The van der Waals surface area contributed by atoms with Crippen LogP contribution in [0.3, 0.4) is 0 Å². The molecular weight excluding hydrogens is 336 g/mol. The lowest BCUT2D eigenvalue weighted by Gasteiger charge is -2.15. The number of rotatable bonds is 6. The van der Waals surface area contributed by atoms with Crippen LogP contribution in [0.25, 0.3) is 0 Å². The Balaban J connectivity index is 2.16. The predicted octanol–water partition coefficient (Wildman–Crippen LogP) is 4.46. The van der Waals surface area contributed by atoms with E-state index in [9.17, 15) is 9.59 Å². The van der Waals surface area contributed by atoms with Crippen LogP contribution < -0.4 is 4.74 Å². The summed E-state index contributed by atoms with van der Waals surface area (Å²) in [5, 5.41) is 0. The Kier molecular flexibility index (Phi) is 6.26. The third-order valence-electron chi connectivity index (χ3n) is 4.07. The van der Waals surface area contributed by atoms with E-state index in [0.717, 1.165) is 16.0 Å². The van der Waals surface area contributed by atoms with E-state index < -0.39 is 12.1 Å². The maximum atomic E-state index is 12.5. The number of methoxy groups -OCH3 is 1. The summed E-state index contributed by atoms with van der Waals surface area (Å²) in [7, 11) is 1.50. The lowest BCUT2D eigenvalue weighted by atomic mass is 10.0. The highest BCUT2D eigenvalue weighted by Gasteiger charge is 2.22. The molecule has 0 aliphatic carbocycles. The number of esters is 1. The van der Waals surface area contributed by atoms with E-state index >= 15 is 0 Å². The monoisotopic (exact) mass is 358 g/mol. The molecule has 0 aromatic heterocycles. The topological polar surface area (TPSA) is 52.6 Å². The van der Waals surface area contributed by atoms with Crippen LogP contribution in [0, 0.1) is 13.8 Å². The maximum absolute atomic E-state index is 12.5. The van der Waals surface area contributed by atoms with Crippen molar-refractivity contribution in [3.05, 3.63) is 58.7 Å². The normalized spacial score (nSPS) is 11.7. The molecule has 2 rings (SSSR count). The largest absolute Gasteiger partial charge is 0.496 e. The molecule has 0 bridgehead atoms. The van der Waals surface area contributed by atoms with Gasteiger partial charge in [0, 0.05) is 10.5 Å². The molecule has 1 atom stereocenters. The average Bonchev–Trinajstić information content (AvgIpc) is 2.62. The quantitative estimate of drug-likeness (QED) is 0.433. The molecule has 0 aliphatic heterocycles. The van der Waals surface area contributed by atoms with E-state index in [-0.39, 0.29) is 5.78 Å². The summed E-state index contributed by atoms with van der Waals surface area (Å²) in [5.74, 6) is -0.368. The molecule has 0 spiro atoms. The number of Topliss-reactive ketones (excluding diaryl/α,β-unsaturated/α-hetero) is 1. The van der Waals surface area contributed by atoms with E-state index in [4.69, 9.17) is 9.47 Å². The van der Waals surface area contributed by atoms with E-state index in [2.05, 4.69) is 0 Å². The molecule has 0 radical (unpaired) electrons. The maximum Gasteiger partial charge on any atom is 0.342 e. The smallest absolute Gasteiger partial charge is 0.342 e. The van der Waals surface area contributed by atoms with Gasteiger partial charge in [-0.1, -0.05) is 12.1 Å². The third-order valence-corrected chi connectivity index (χ3v) is 4.80. The SMILES string of the molecule is COc1cc(SC)ccc1C(=O)O[C@H](C)C(=O)c1ccc(C)c(C)c1. The second kappa shape index (κ2) is 8.21. The number of carbonyl (C=O) groups is 2. The molecule has 2 aromatic rings. The van der Waals surface area contributed by atoms with Gasteiger partial charge in [0.1, 0.15) is 11.3 Å². The predicted molar refractivity (Wildman–Crippen MR) is 99.9 cm³/mol. The molecule has 0 heterocycles. The second-order valence-electron chi connectivity index (χ2n) is 5.78. The molecule has 0 fully saturated rings. The van der Waals surface area contributed by atoms with Gasteiger partial charge in [0.25, 0.3) is 0 Å². The van der Waals surface area contributed by atoms with Crippen molar-refractivity contribution >= 4 is 23.5 Å². The Morgan fingerprint density at radius 2 is 1.76 bits per heavy atom. The van der Waals surface area contributed by atoms with E-state index in [1.165, 1.54) is 7.11 Å². The van der Waals surface area contributed by atoms with Crippen molar-refractivity contribution in [3.8, 4) is 5.75 Å². The summed E-state index contributed by atoms with van der Waals surface area (Å²) in [6.07, 6.45) is 1.07. The minimum atomic E-state index is -0.875. The molecule has 5 heteroatoms. The Morgan fingerprint density at radius 1 is 1.04 bits per heavy atom. The lowest BCUT2D eigenvalue weighted by molar-refractivity contribution is 0.0316. The zero-order chi connectivity index (χ0) is 18.6. The van der Waals surface area contributed by atoms with Crippen LogP contribution in [0.1, 0.15) is 38.8 Å². The van der Waals surface area contributed by atoms with Crippen molar-refractivity contribution < 1.29 is 19.1 Å². The molecule has 0 unspecified atom stereocenters. The van der Waals surface area contributed by atoms with Gasteiger partial charge in [-0.15, -0.1) is 11.8 Å². The van der Waals surface area contributed by atoms with Gasteiger partial charge in [0.05, 0.1) is 7.11 Å². The Labute approximate surface area is 152 Å². The van der Waals surface area contributed by atoms with Crippen LogP contribution in [0.15, 0.2) is 41.3 Å². The third kappa shape index (κ3) is 4.42. The van der Waals surface area contributed by atoms with Gasteiger partial charge in [-0.25, -0.2) is 4.79 Å². The lowest BCUT2D eigenvalue weighted by Crippen LogP contribution is -2.24. The van der Waals surface area contributed by atoms with Crippen LogP contribution in [0.5, 0.6) is 5.75 Å². The molecule has 132 valence electrons. The molecule has 0 saturated carbocycles. The van der Waals surface area contributed by atoms with Gasteiger partial charge >= 0.3 is 5.97 Å². The number of hydrogen-bond acceptors (Lipinski definition) is 5. The van der Waals surface area contributed by atoms with Crippen LogP contribution in [0.2, 0.25) is 0 Å². The molecule has 4 nitrogen and oxygen atoms in total. The number of hydrogen-bond donors (Lipinski definition) is 0. The Hall–Kier alpha value is -2.27. The van der Waals surface area contributed by atoms with Crippen molar-refractivity contribution in [3.63, 3.8) is 0 Å².